The van der Waals surface area contributed by atoms with Gasteiger partial charge in [0.2, 0.25) is 0 Å². The summed E-state index contributed by atoms with van der Waals surface area (Å²) in [6.45, 7) is -0.704. The third-order valence-corrected chi connectivity index (χ3v) is 3.65. The van der Waals surface area contributed by atoms with Gasteiger partial charge in [-0.2, -0.15) is 0 Å². The van der Waals surface area contributed by atoms with Gasteiger partial charge in [0.1, 0.15) is 24.3 Å². The van der Waals surface area contributed by atoms with E-state index in [1.165, 1.54) is 0 Å². The molecule has 0 saturated carbocycles. The zero-order valence-electron chi connectivity index (χ0n) is 10.7. The molecule has 0 aromatic carbocycles. The van der Waals surface area contributed by atoms with Crippen LogP contribution < -0.4 is 5.32 Å². The molecule has 0 spiro atoms. The van der Waals surface area contributed by atoms with Gasteiger partial charge in [-0.15, -0.1) is 0 Å². The molecule has 2 aliphatic rings. The fourth-order valence-corrected chi connectivity index (χ4v) is 2.45. The predicted molar refractivity (Wildman–Crippen MR) is 66.3 cm³/mol. The van der Waals surface area contributed by atoms with Gasteiger partial charge in [0, 0.05) is 6.42 Å². The van der Waals surface area contributed by atoms with Gasteiger partial charge in [-0.1, -0.05) is 0 Å². The molecule has 0 aromatic heterocycles. The van der Waals surface area contributed by atoms with Crippen LogP contribution in [0.5, 0.6) is 0 Å². The number of hydrogen-bond acceptors (Lipinski definition) is 7. The van der Waals surface area contributed by atoms with E-state index in [4.69, 9.17) is 19.9 Å². The van der Waals surface area contributed by atoms with Gasteiger partial charge in [-0.25, -0.2) is 9.36 Å². The summed E-state index contributed by atoms with van der Waals surface area (Å²) in [7, 11) is -4.68. The van der Waals surface area contributed by atoms with Crippen LogP contribution in [0.3, 0.4) is 0 Å². The van der Waals surface area contributed by atoms with Crippen molar-refractivity contribution in [3.63, 3.8) is 0 Å². The number of nitrogens with zero attached hydrogens (tertiary/aromatic N) is 1. The van der Waals surface area contributed by atoms with Crippen LogP contribution in [0.15, 0.2) is 0 Å². The maximum Gasteiger partial charge on any atom is 0.469 e. The monoisotopic (exact) mass is 325 g/mol. The van der Waals surface area contributed by atoms with Crippen molar-refractivity contribution in [2.45, 2.75) is 31.0 Å². The zero-order valence-corrected chi connectivity index (χ0v) is 11.6. The largest absolute Gasteiger partial charge is 0.469 e. The number of β-amino-alcohol motifs (C(OH)–C–C–N with tert-alkyl or cyclic N) is 1. The van der Waals surface area contributed by atoms with E-state index < -0.39 is 45.0 Å². The van der Waals surface area contributed by atoms with E-state index in [1.807, 2.05) is 0 Å². The van der Waals surface area contributed by atoms with Gasteiger partial charge < -0.3 is 24.7 Å². The summed E-state index contributed by atoms with van der Waals surface area (Å²) in [4.78, 5) is 30.0. The number of rotatable bonds is 4. The van der Waals surface area contributed by atoms with Crippen LogP contribution in [0.1, 0.15) is 6.42 Å². The molecule has 0 aliphatic carbocycles. The summed E-state index contributed by atoms with van der Waals surface area (Å²) in [5.41, 5.74) is 0. The third-order valence-electron chi connectivity index (χ3n) is 3.16. The van der Waals surface area contributed by atoms with E-state index in [0.29, 0.717) is 0 Å². The van der Waals surface area contributed by atoms with Crippen LogP contribution >= 0.6 is 7.82 Å². The van der Waals surface area contributed by atoms with Crippen molar-refractivity contribution in [2.75, 3.05) is 13.2 Å². The Morgan fingerprint density at radius 1 is 1.48 bits per heavy atom. The number of hydrogen-bond donors (Lipinski definition) is 6. The first kappa shape index (κ1) is 16.3. The van der Waals surface area contributed by atoms with E-state index in [2.05, 4.69) is 9.84 Å². The maximum absolute atomic E-state index is 11.7. The van der Waals surface area contributed by atoms with Gasteiger partial charge in [0.05, 0.1) is 19.3 Å². The maximum atomic E-state index is 11.7. The minimum Gasteiger partial charge on any atom is -0.390 e. The van der Waals surface area contributed by atoms with Crippen molar-refractivity contribution >= 4 is 19.7 Å². The molecule has 120 valence electrons. The number of urea groups is 1. The Morgan fingerprint density at radius 3 is 2.76 bits per heavy atom. The van der Waals surface area contributed by atoms with Gasteiger partial charge in [-0.3, -0.25) is 20.1 Å². The Kier molecular flexibility index (Phi) is 4.63. The minimum absolute atomic E-state index is 0.00264. The molecule has 2 fully saturated rings. The number of aliphatic hydroxyl groups is 2. The highest BCUT2D eigenvalue weighted by atomic mass is 31.2. The Bertz CT molecular complexity index is 482. The van der Waals surface area contributed by atoms with Crippen molar-refractivity contribution < 1.29 is 38.6 Å². The molecule has 0 aromatic rings. The smallest absolute Gasteiger partial charge is 0.390 e. The van der Waals surface area contributed by atoms with Gasteiger partial charge in [-0.05, 0) is 0 Å². The standard InChI is InChI=1S/C9H16N3O8P/c10-8-5(14)2-12(9(15)11-8)7-1-4(13)6(20-7)3-19-21(16,17)18/h4-7,13-14H,1-3H2,(H2,10,11,15)(H2,16,17,18)/t4-,5?,6+,7+/m0/s1. The molecule has 11 nitrogen and oxygen atoms in total. The van der Waals surface area contributed by atoms with Crippen LogP contribution in [0.2, 0.25) is 0 Å². The normalized spacial score (nSPS) is 34.2. The highest BCUT2D eigenvalue weighted by molar-refractivity contribution is 7.46. The van der Waals surface area contributed by atoms with Crippen LogP contribution in [0.4, 0.5) is 4.79 Å². The number of nitrogens with one attached hydrogen (secondary N) is 2. The van der Waals surface area contributed by atoms with Crippen LogP contribution in [0, 0.1) is 5.41 Å². The quantitative estimate of drug-likeness (QED) is 0.320. The van der Waals surface area contributed by atoms with Gasteiger partial charge in [0.15, 0.2) is 0 Å². The van der Waals surface area contributed by atoms with Crippen molar-refractivity contribution in [1.29, 1.82) is 5.41 Å². The molecule has 6 N–H and O–H groups in total. The summed E-state index contributed by atoms with van der Waals surface area (Å²) < 4.78 is 20.2. The summed E-state index contributed by atoms with van der Waals surface area (Å²) in [6, 6.07) is -0.654. The summed E-state index contributed by atoms with van der Waals surface area (Å²) in [5.74, 6) is -0.323. The molecular weight excluding hydrogens is 309 g/mol. The predicted octanol–water partition coefficient (Wildman–Crippen LogP) is -2.07. The first-order valence-corrected chi connectivity index (χ1v) is 7.58. The first-order valence-electron chi connectivity index (χ1n) is 6.05. The molecule has 0 bridgehead atoms. The number of carbonyl (C=O) groups excluding carboxylic acids is 1. The average molecular weight is 325 g/mol. The molecule has 12 heteroatoms. The van der Waals surface area contributed by atoms with Crippen LogP contribution in [0.25, 0.3) is 0 Å². The second-order valence-corrected chi connectivity index (χ2v) is 5.97. The molecule has 2 saturated heterocycles. The molecule has 2 rings (SSSR count). The number of aliphatic hydroxyl groups excluding tert-OH is 2. The van der Waals surface area contributed by atoms with E-state index in [9.17, 15) is 19.6 Å². The SMILES string of the molecule is N=C1NC(=O)N([C@H]2C[C@H](O)[C@@H](COP(=O)(O)O)O2)CC1O. The Hall–Kier alpha value is -1.07. The number of amidine groups is 1. The fraction of sp³-hybridized carbons (Fsp3) is 0.778. The van der Waals surface area contributed by atoms with Crippen molar-refractivity contribution in [3.05, 3.63) is 0 Å². The lowest BCUT2D eigenvalue weighted by molar-refractivity contribution is -0.0692. The first-order chi connectivity index (χ1) is 9.67. The van der Waals surface area contributed by atoms with Crippen molar-refractivity contribution in [1.82, 2.24) is 10.2 Å². The lowest BCUT2D eigenvalue weighted by atomic mass is 10.1. The second-order valence-electron chi connectivity index (χ2n) is 4.73. The summed E-state index contributed by atoms with van der Waals surface area (Å²) in [6.07, 6.45) is -4.15. The Labute approximate surface area is 119 Å². The molecule has 4 atom stereocenters. The number of phosphoric acid groups is 1. The van der Waals surface area contributed by atoms with Gasteiger partial charge >= 0.3 is 13.9 Å². The average Bonchev–Trinajstić information content (AvgIpc) is 2.72. The minimum atomic E-state index is -4.68. The van der Waals surface area contributed by atoms with Crippen LogP contribution in [-0.2, 0) is 13.8 Å². The molecule has 21 heavy (non-hydrogen) atoms. The van der Waals surface area contributed by atoms with Gasteiger partial charge in [0.25, 0.3) is 0 Å². The third kappa shape index (κ3) is 3.98. The van der Waals surface area contributed by atoms with E-state index in [0.717, 1.165) is 4.90 Å². The highest BCUT2D eigenvalue weighted by Gasteiger charge is 2.42. The summed E-state index contributed by atoms with van der Waals surface area (Å²) in [5, 5.41) is 28.8. The van der Waals surface area contributed by atoms with Crippen LogP contribution in [-0.4, -0.2) is 74.5 Å². The molecule has 1 unspecified atom stereocenters. The molecule has 2 amide bonds. The fourth-order valence-electron chi connectivity index (χ4n) is 2.11. The lowest BCUT2D eigenvalue weighted by Crippen LogP contribution is -2.59. The number of phosphoric ester groups is 1. The van der Waals surface area contributed by atoms with Crippen molar-refractivity contribution in [3.8, 4) is 0 Å². The van der Waals surface area contributed by atoms with Crippen molar-refractivity contribution in [2.24, 2.45) is 0 Å². The molecule has 2 heterocycles. The number of amides is 2. The highest BCUT2D eigenvalue weighted by Crippen LogP contribution is 2.37. The lowest BCUT2D eigenvalue weighted by Gasteiger charge is -2.34. The zero-order chi connectivity index (χ0) is 15.8. The number of ether oxygens (including phenoxy) is 1. The van der Waals surface area contributed by atoms with E-state index >= 15 is 0 Å². The molecule has 2 aliphatic heterocycles. The Morgan fingerprint density at radius 2 is 2.14 bits per heavy atom. The molecular formula is C9H16N3O8P. The number of carbonyl (C=O) groups is 1. The molecule has 0 radical (unpaired) electrons. The topological polar surface area (TPSA) is 173 Å². The van der Waals surface area contributed by atoms with E-state index in [1.54, 1.807) is 0 Å². The summed E-state index contributed by atoms with van der Waals surface area (Å²) >= 11 is 0. The van der Waals surface area contributed by atoms with E-state index in [-0.39, 0.29) is 18.8 Å². The Balaban J connectivity index is 1.95. The second kappa shape index (κ2) is 5.97.